The van der Waals surface area contributed by atoms with Crippen LogP contribution in [0.4, 0.5) is 0 Å². The highest BCUT2D eigenvalue weighted by atomic mass is 14.9. The zero-order chi connectivity index (χ0) is 25.3. The maximum atomic E-state index is 5.05. The highest BCUT2D eigenvalue weighted by molar-refractivity contribution is 5.89. The second-order valence-corrected chi connectivity index (χ2v) is 9.40. The molecule has 0 atom stereocenters. The fourth-order valence-corrected chi connectivity index (χ4v) is 4.93. The lowest BCUT2D eigenvalue weighted by atomic mass is 10.0. The number of hydrogen-bond donors (Lipinski definition) is 0. The molecule has 0 bridgehead atoms. The molecule has 0 saturated carbocycles. The van der Waals surface area contributed by atoms with Gasteiger partial charge in [0, 0.05) is 29.1 Å². The summed E-state index contributed by atoms with van der Waals surface area (Å²) in [5, 5.41) is 4.82. The van der Waals surface area contributed by atoms with Gasteiger partial charge in [0.1, 0.15) is 0 Å². The molecule has 2 aromatic heterocycles. The molecule has 0 saturated heterocycles. The Hall–Kier alpha value is -5.15. The summed E-state index contributed by atoms with van der Waals surface area (Å²) in [4.78, 5) is 14.2. The Morgan fingerprint density at radius 3 is 1.34 bits per heavy atom. The maximum absolute atomic E-state index is 5.05. The highest BCUT2D eigenvalue weighted by Gasteiger charge is 2.12. The molecule has 0 fully saturated rings. The number of hydrogen-bond acceptors (Lipinski definition) is 3. The largest absolute Gasteiger partial charge is 0.265 e. The molecule has 7 rings (SSSR count). The van der Waals surface area contributed by atoms with E-state index in [1.165, 1.54) is 21.5 Å². The van der Waals surface area contributed by atoms with Gasteiger partial charge in [-0.15, -0.1) is 0 Å². The number of aromatic nitrogens is 3. The molecule has 3 nitrogen and oxygen atoms in total. The Morgan fingerprint density at radius 2 is 0.789 bits per heavy atom. The lowest BCUT2D eigenvalue weighted by molar-refractivity contribution is 1.18. The van der Waals surface area contributed by atoms with Crippen molar-refractivity contribution in [3.05, 3.63) is 140 Å². The van der Waals surface area contributed by atoms with Crippen LogP contribution in [0, 0.1) is 0 Å². The SMILES string of the molecule is c1ccc2cc(-c3cc(-c4ccc5ccccc5c4)nc(-c4ccc(-c5ccncc5)cc4)n3)ccc2c1. The molecule has 2 heterocycles. The van der Waals surface area contributed by atoms with Gasteiger partial charge in [-0.1, -0.05) is 97.1 Å². The summed E-state index contributed by atoms with van der Waals surface area (Å²) >= 11 is 0. The molecule has 5 aromatic carbocycles. The van der Waals surface area contributed by atoms with Crippen LogP contribution in [0.15, 0.2) is 140 Å². The van der Waals surface area contributed by atoms with Crippen molar-refractivity contribution in [2.24, 2.45) is 0 Å². The minimum Gasteiger partial charge on any atom is -0.265 e. The molecular formula is C35H23N3. The van der Waals surface area contributed by atoms with Crippen LogP contribution in [-0.4, -0.2) is 15.0 Å². The van der Waals surface area contributed by atoms with Crippen molar-refractivity contribution in [3.63, 3.8) is 0 Å². The molecule has 0 aliphatic heterocycles. The molecule has 0 aliphatic rings. The lowest BCUT2D eigenvalue weighted by Crippen LogP contribution is -1.96. The predicted octanol–water partition coefficient (Wildman–Crippen LogP) is 8.85. The molecule has 0 unspecified atom stereocenters. The van der Waals surface area contributed by atoms with Crippen LogP contribution in [-0.2, 0) is 0 Å². The summed E-state index contributed by atoms with van der Waals surface area (Å²) in [7, 11) is 0. The van der Waals surface area contributed by atoms with E-state index in [4.69, 9.17) is 9.97 Å². The van der Waals surface area contributed by atoms with E-state index in [2.05, 4.69) is 120 Å². The van der Waals surface area contributed by atoms with Gasteiger partial charge >= 0.3 is 0 Å². The van der Waals surface area contributed by atoms with Crippen LogP contribution < -0.4 is 0 Å². The first-order valence-electron chi connectivity index (χ1n) is 12.7. The number of rotatable bonds is 4. The van der Waals surface area contributed by atoms with Crippen molar-refractivity contribution in [1.29, 1.82) is 0 Å². The third kappa shape index (κ3) is 4.21. The molecule has 0 N–H and O–H groups in total. The number of benzene rings is 5. The van der Waals surface area contributed by atoms with Crippen LogP contribution in [0.3, 0.4) is 0 Å². The van der Waals surface area contributed by atoms with Gasteiger partial charge in [-0.3, -0.25) is 4.98 Å². The van der Waals surface area contributed by atoms with Crippen LogP contribution in [0.25, 0.3) is 66.6 Å². The molecule has 7 aromatic rings. The average molecular weight is 486 g/mol. The molecule has 0 radical (unpaired) electrons. The normalized spacial score (nSPS) is 11.2. The summed E-state index contributed by atoms with van der Waals surface area (Å²) < 4.78 is 0. The first kappa shape index (κ1) is 22.1. The van der Waals surface area contributed by atoms with E-state index in [-0.39, 0.29) is 0 Å². The van der Waals surface area contributed by atoms with Crippen molar-refractivity contribution in [2.75, 3.05) is 0 Å². The number of nitrogens with zero attached hydrogens (tertiary/aromatic N) is 3. The first-order chi connectivity index (χ1) is 18.8. The van der Waals surface area contributed by atoms with E-state index in [1.807, 2.05) is 24.5 Å². The summed E-state index contributed by atoms with van der Waals surface area (Å²) in [6.45, 7) is 0. The van der Waals surface area contributed by atoms with E-state index in [1.54, 1.807) is 0 Å². The topological polar surface area (TPSA) is 38.7 Å². The summed E-state index contributed by atoms with van der Waals surface area (Å²) in [5.41, 5.74) is 7.20. The standard InChI is InChI=1S/C35H23N3/c1-3-7-29-21-31(15-11-24(29)5-1)33-23-34(32-16-12-25-6-2-4-8-30(25)22-32)38-35(37-33)28-13-9-26(10-14-28)27-17-19-36-20-18-27/h1-23H. The maximum Gasteiger partial charge on any atom is 0.160 e. The molecule has 0 amide bonds. The lowest BCUT2D eigenvalue weighted by Gasteiger charge is -2.11. The molecular weight excluding hydrogens is 462 g/mol. The fraction of sp³-hybridized carbons (Fsp3) is 0. The summed E-state index contributed by atoms with van der Waals surface area (Å²) in [6.07, 6.45) is 3.63. The molecule has 3 heteroatoms. The van der Waals surface area contributed by atoms with Crippen molar-refractivity contribution in [1.82, 2.24) is 15.0 Å². The Bertz CT molecular complexity index is 1810. The van der Waals surface area contributed by atoms with Gasteiger partial charge in [0.2, 0.25) is 0 Å². The van der Waals surface area contributed by atoms with Gasteiger partial charge < -0.3 is 0 Å². The van der Waals surface area contributed by atoms with E-state index in [0.29, 0.717) is 5.82 Å². The first-order valence-corrected chi connectivity index (χ1v) is 12.7. The van der Waals surface area contributed by atoms with Gasteiger partial charge in [0.25, 0.3) is 0 Å². The Kier molecular flexibility index (Phi) is 5.45. The van der Waals surface area contributed by atoms with Gasteiger partial charge in [0.05, 0.1) is 11.4 Å². The van der Waals surface area contributed by atoms with Gasteiger partial charge in [-0.05, 0) is 63.0 Å². The van der Waals surface area contributed by atoms with E-state index in [9.17, 15) is 0 Å². The second kappa shape index (κ2) is 9.38. The smallest absolute Gasteiger partial charge is 0.160 e. The van der Waals surface area contributed by atoms with Gasteiger partial charge in [-0.25, -0.2) is 9.97 Å². The van der Waals surface area contributed by atoms with E-state index < -0.39 is 0 Å². The van der Waals surface area contributed by atoms with Crippen LogP contribution in [0.1, 0.15) is 0 Å². The van der Waals surface area contributed by atoms with Crippen molar-refractivity contribution in [3.8, 4) is 45.0 Å². The van der Waals surface area contributed by atoms with Gasteiger partial charge in [0.15, 0.2) is 5.82 Å². The van der Waals surface area contributed by atoms with Crippen LogP contribution in [0.2, 0.25) is 0 Å². The van der Waals surface area contributed by atoms with Crippen molar-refractivity contribution < 1.29 is 0 Å². The third-order valence-electron chi connectivity index (χ3n) is 6.97. The zero-order valence-corrected chi connectivity index (χ0v) is 20.6. The minimum absolute atomic E-state index is 0.708. The monoisotopic (exact) mass is 485 g/mol. The van der Waals surface area contributed by atoms with E-state index in [0.717, 1.165) is 39.2 Å². The van der Waals surface area contributed by atoms with E-state index >= 15 is 0 Å². The fourth-order valence-electron chi connectivity index (χ4n) is 4.93. The molecule has 0 spiro atoms. The second-order valence-electron chi connectivity index (χ2n) is 9.40. The summed E-state index contributed by atoms with van der Waals surface area (Å²) in [5.74, 6) is 0.708. The van der Waals surface area contributed by atoms with Crippen LogP contribution in [0.5, 0.6) is 0 Å². The average Bonchev–Trinajstić information content (AvgIpc) is 3.01. The highest BCUT2D eigenvalue weighted by Crippen LogP contribution is 2.31. The van der Waals surface area contributed by atoms with Crippen LogP contribution >= 0.6 is 0 Å². The van der Waals surface area contributed by atoms with Crippen molar-refractivity contribution >= 4 is 21.5 Å². The molecule has 178 valence electrons. The Balaban J connectivity index is 1.38. The number of fused-ring (bicyclic) bond motifs is 2. The molecule has 38 heavy (non-hydrogen) atoms. The van der Waals surface area contributed by atoms with Gasteiger partial charge in [-0.2, -0.15) is 0 Å². The Morgan fingerprint density at radius 1 is 0.342 bits per heavy atom. The minimum atomic E-state index is 0.708. The quantitative estimate of drug-likeness (QED) is 0.250. The number of pyridine rings is 1. The zero-order valence-electron chi connectivity index (χ0n) is 20.6. The summed E-state index contributed by atoms with van der Waals surface area (Å²) in [6, 6.07) is 44.4. The van der Waals surface area contributed by atoms with Crippen molar-refractivity contribution in [2.45, 2.75) is 0 Å². The Labute approximate surface area is 221 Å². The third-order valence-corrected chi connectivity index (χ3v) is 6.97. The predicted molar refractivity (Wildman–Crippen MR) is 157 cm³/mol. The molecule has 0 aliphatic carbocycles.